The van der Waals surface area contributed by atoms with Crippen LogP contribution in [0.2, 0.25) is 0 Å². The zero-order chi connectivity index (χ0) is 30.2. The molecule has 1 aromatic heterocycles. The van der Waals surface area contributed by atoms with Crippen LogP contribution in [0.4, 0.5) is 0 Å². The molecule has 1 unspecified atom stereocenters. The van der Waals surface area contributed by atoms with E-state index in [1.165, 1.54) is 75.5 Å². The molecule has 10 rings (SSSR count). The first-order valence-electron chi connectivity index (χ1n) is 15.8. The molecular formula is C43H28NPS. The standard InChI is InChI=1S/C43H28NPS/c1-3-14-29(15-4-1)45(30-16-5-2-6-17-30)31-26-27-36-41(28-31)46-40-25-12-9-21-35(40)43(36)34-20-8-11-24-39(34)44-38-23-10-7-18-32(38)33-19-13-22-37(43)42(33)44/h1-28H. The van der Waals surface area contributed by atoms with Crippen molar-refractivity contribution in [3.63, 3.8) is 0 Å². The molecule has 3 heterocycles. The van der Waals surface area contributed by atoms with E-state index in [0.29, 0.717) is 0 Å². The molecule has 2 aliphatic heterocycles. The monoisotopic (exact) mass is 621 g/mol. The molecule has 0 N–H and O–H groups in total. The van der Waals surface area contributed by atoms with Crippen LogP contribution in [-0.2, 0) is 5.41 Å². The third kappa shape index (κ3) is 3.52. The maximum absolute atomic E-state index is 2.52. The molecule has 0 aliphatic carbocycles. The molecule has 1 spiro atoms. The Morgan fingerprint density at radius 1 is 0.435 bits per heavy atom. The van der Waals surface area contributed by atoms with Crippen molar-refractivity contribution in [3.8, 4) is 5.69 Å². The van der Waals surface area contributed by atoms with E-state index in [1.54, 1.807) is 0 Å². The highest BCUT2D eigenvalue weighted by molar-refractivity contribution is 7.99. The Bertz CT molecular complexity index is 2420. The van der Waals surface area contributed by atoms with E-state index in [4.69, 9.17) is 0 Å². The summed E-state index contributed by atoms with van der Waals surface area (Å²) in [7, 11) is -0.718. The molecule has 7 aromatic carbocycles. The Kier molecular flexibility index (Phi) is 5.76. The number of nitrogens with zero attached hydrogens (tertiary/aromatic N) is 1. The molecule has 216 valence electrons. The average molecular weight is 622 g/mol. The maximum Gasteiger partial charge on any atom is 0.0764 e. The molecule has 0 bridgehead atoms. The van der Waals surface area contributed by atoms with Gasteiger partial charge < -0.3 is 4.57 Å². The molecule has 3 heteroatoms. The van der Waals surface area contributed by atoms with Gasteiger partial charge in [0.25, 0.3) is 0 Å². The minimum Gasteiger partial charge on any atom is -0.309 e. The molecule has 46 heavy (non-hydrogen) atoms. The van der Waals surface area contributed by atoms with Crippen LogP contribution in [0.25, 0.3) is 27.5 Å². The van der Waals surface area contributed by atoms with E-state index < -0.39 is 13.3 Å². The van der Waals surface area contributed by atoms with Crippen LogP contribution >= 0.6 is 19.7 Å². The lowest BCUT2D eigenvalue weighted by atomic mass is 9.63. The summed E-state index contributed by atoms with van der Waals surface area (Å²) in [6, 6.07) is 63.5. The predicted octanol–water partition coefficient (Wildman–Crippen LogP) is 9.70. The number of benzene rings is 7. The molecule has 0 saturated heterocycles. The quantitative estimate of drug-likeness (QED) is 0.178. The summed E-state index contributed by atoms with van der Waals surface area (Å²) < 4.78 is 2.52. The van der Waals surface area contributed by atoms with E-state index in [9.17, 15) is 0 Å². The predicted molar refractivity (Wildman–Crippen MR) is 195 cm³/mol. The lowest BCUT2D eigenvalue weighted by Crippen LogP contribution is -2.38. The largest absolute Gasteiger partial charge is 0.309 e. The van der Waals surface area contributed by atoms with Crippen LogP contribution in [-0.4, -0.2) is 4.57 Å². The zero-order valence-corrected chi connectivity index (χ0v) is 26.7. The molecule has 1 nitrogen and oxygen atoms in total. The maximum atomic E-state index is 2.52. The lowest BCUT2D eigenvalue weighted by molar-refractivity contribution is 0.690. The Balaban J connectivity index is 1.31. The minimum atomic E-state index is -0.718. The Labute approximate surface area is 273 Å². The van der Waals surface area contributed by atoms with Gasteiger partial charge in [-0.1, -0.05) is 157 Å². The molecular weight excluding hydrogens is 594 g/mol. The van der Waals surface area contributed by atoms with Gasteiger partial charge in [-0.05, 0) is 70.4 Å². The van der Waals surface area contributed by atoms with Crippen molar-refractivity contribution in [1.82, 2.24) is 4.57 Å². The first kappa shape index (κ1) is 26.3. The third-order valence-electron chi connectivity index (χ3n) is 9.81. The Hall–Kier alpha value is -4.88. The zero-order valence-electron chi connectivity index (χ0n) is 25.0. The van der Waals surface area contributed by atoms with Crippen molar-refractivity contribution in [3.05, 3.63) is 192 Å². The van der Waals surface area contributed by atoms with Crippen LogP contribution in [0.3, 0.4) is 0 Å². The van der Waals surface area contributed by atoms with Gasteiger partial charge in [0.05, 0.1) is 22.1 Å². The number of fused-ring (bicyclic) bond motifs is 11. The lowest BCUT2D eigenvalue weighted by Gasteiger charge is -2.45. The summed E-state index contributed by atoms with van der Waals surface area (Å²) in [5.74, 6) is 0. The van der Waals surface area contributed by atoms with E-state index in [2.05, 4.69) is 174 Å². The first-order chi connectivity index (χ1) is 22.8. The highest BCUT2D eigenvalue weighted by Crippen LogP contribution is 2.60. The Morgan fingerprint density at radius 3 is 1.85 bits per heavy atom. The normalized spacial score (nSPS) is 16.0. The summed E-state index contributed by atoms with van der Waals surface area (Å²) in [5, 5.41) is 6.74. The van der Waals surface area contributed by atoms with Crippen molar-refractivity contribution in [1.29, 1.82) is 0 Å². The number of rotatable bonds is 3. The fourth-order valence-electron chi connectivity index (χ4n) is 8.06. The number of aromatic nitrogens is 1. The summed E-state index contributed by atoms with van der Waals surface area (Å²) in [6.07, 6.45) is 0. The van der Waals surface area contributed by atoms with Crippen LogP contribution in [0.1, 0.15) is 22.3 Å². The topological polar surface area (TPSA) is 4.93 Å². The molecule has 2 aliphatic rings. The number of hydrogen-bond donors (Lipinski definition) is 0. The Morgan fingerprint density at radius 2 is 1.04 bits per heavy atom. The molecule has 0 amide bonds. The summed E-state index contributed by atoms with van der Waals surface area (Å²) in [5.41, 5.74) is 8.82. The molecule has 0 fully saturated rings. The molecule has 0 saturated carbocycles. The summed E-state index contributed by atoms with van der Waals surface area (Å²) in [6.45, 7) is 0. The van der Waals surface area contributed by atoms with Gasteiger partial charge in [0.15, 0.2) is 0 Å². The van der Waals surface area contributed by atoms with Crippen molar-refractivity contribution < 1.29 is 0 Å². The van der Waals surface area contributed by atoms with Crippen LogP contribution in [0, 0.1) is 0 Å². The van der Waals surface area contributed by atoms with Gasteiger partial charge >= 0.3 is 0 Å². The van der Waals surface area contributed by atoms with Crippen molar-refractivity contribution in [2.75, 3.05) is 0 Å². The smallest absolute Gasteiger partial charge is 0.0764 e. The number of para-hydroxylation sites is 3. The molecule has 8 aromatic rings. The minimum absolute atomic E-state index is 0.446. The van der Waals surface area contributed by atoms with Crippen molar-refractivity contribution >= 4 is 57.4 Å². The summed E-state index contributed by atoms with van der Waals surface area (Å²) >= 11 is 1.93. The van der Waals surface area contributed by atoms with E-state index in [0.717, 1.165) is 0 Å². The van der Waals surface area contributed by atoms with Gasteiger partial charge in [-0.2, -0.15) is 0 Å². The first-order valence-corrected chi connectivity index (χ1v) is 17.9. The summed E-state index contributed by atoms with van der Waals surface area (Å²) in [4.78, 5) is 2.67. The van der Waals surface area contributed by atoms with Gasteiger partial charge in [-0.3, -0.25) is 0 Å². The van der Waals surface area contributed by atoms with E-state index >= 15 is 0 Å². The fourth-order valence-corrected chi connectivity index (χ4v) is 11.7. The van der Waals surface area contributed by atoms with Crippen LogP contribution in [0.5, 0.6) is 0 Å². The highest BCUT2D eigenvalue weighted by atomic mass is 32.2. The van der Waals surface area contributed by atoms with E-state index in [1.807, 2.05) is 11.8 Å². The van der Waals surface area contributed by atoms with Crippen LogP contribution in [0.15, 0.2) is 180 Å². The van der Waals surface area contributed by atoms with Gasteiger partial charge in [0.1, 0.15) is 0 Å². The van der Waals surface area contributed by atoms with Gasteiger partial charge in [0, 0.05) is 20.6 Å². The molecule has 1 atom stereocenters. The SMILES string of the molecule is c1ccc(P(c2ccccc2)c2ccc3c(c2)Sc2ccccc2C32c3ccccc3-n3c4ccccc4c4cccc2c43)cc1. The molecule has 0 radical (unpaired) electrons. The van der Waals surface area contributed by atoms with Gasteiger partial charge in [-0.25, -0.2) is 0 Å². The third-order valence-corrected chi connectivity index (χ3v) is 13.4. The second kappa shape index (κ2) is 10.1. The highest BCUT2D eigenvalue weighted by Gasteiger charge is 2.49. The second-order valence-electron chi connectivity index (χ2n) is 12.1. The van der Waals surface area contributed by atoms with Gasteiger partial charge in [-0.15, -0.1) is 0 Å². The van der Waals surface area contributed by atoms with Crippen LogP contribution < -0.4 is 15.9 Å². The average Bonchev–Trinajstić information content (AvgIpc) is 3.46. The second-order valence-corrected chi connectivity index (χ2v) is 15.4. The van der Waals surface area contributed by atoms with E-state index in [-0.39, 0.29) is 0 Å². The fraction of sp³-hybridized carbons (Fsp3) is 0.0233. The van der Waals surface area contributed by atoms with Crippen molar-refractivity contribution in [2.45, 2.75) is 15.2 Å². The number of hydrogen-bond acceptors (Lipinski definition) is 1. The van der Waals surface area contributed by atoms with Gasteiger partial charge in [0.2, 0.25) is 0 Å². The van der Waals surface area contributed by atoms with Crippen molar-refractivity contribution in [2.24, 2.45) is 0 Å².